The van der Waals surface area contributed by atoms with Gasteiger partial charge in [-0.3, -0.25) is 4.74 Å². The molecule has 146 valence electrons. The van der Waals surface area contributed by atoms with Gasteiger partial charge in [-0.25, -0.2) is 0 Å². The molecule has 0 heterocycles. The van der Waals surface area contributed by atoms with Gasteiger partial charge in [0.25, 0.3) is 0 Å². The fraction of sp³-hybridized carbons (Fsp3) is 0.0714. The first-order chi connectivity index (χ1) is 14.8. The topological polar surface area (TPSA) is 12.4 Å². The summed E-state index contributed by atoms with van der Waals surface area (Å²) in [5.74, 6) is 6.23. The summed E-state index contributed by atoms with van der Waals surface area (Å²) in [6.45, 7) is 1.88. The largest absolute Gasteiger partial charge is 0.254 e. The molecule has 0 unspecified atom stereocenters. The molecule has 0 aliphatic heterocycles. The van der Waals surface area contributed by atoms with Gasteiger partial charge in [0, 0.05) is 22.3 Å². The molecule has 2 heteroatoms. The number of benzene rings is 4. The van der Waals surface area contributed by atoms with Crippen molar-refractivity contribution < 1.29 is 0 Å². The Bertz CT molecular complexity index is 1110. The Kier molecular flexibility index (Phi) is 6.29. The quantitative estimate of drug-likeness (QED) is 0.283. The second-order valence-corrected chi connectivity index (χ2v) is 9.99. The van der Waals surface area contributed by atoms with E-state index in [-0.39, 0.29) is 0 Å². The van der Waals surface area contributed by atoms with Crippen molar-refractivity contribution in [2.45, 2.75) is 13.3 Å². The van der Waals surface area contributed by atoms with Gasteiger partial charge in [0.05, 0.1) is 12.7 Å². The normalized spacial score (nSPS) is 10.7. The first kappa shape index (κ1) is 20.0. The summed E-state index contributed by atoms with van der Waals surface area (Å²) in [4.78, 5) is 0. The predicted molar refractivity (Wildman–Crippen MR) is 131 cm³/mol. The first-order valence-corrected chi connectivity index (χ1v) is 11.9. The highest BCUT2D eigenvalue weighted by atomic mass is 31.2. The smallest absolute Gasteiger partial charge is 0.0666 e. The zero-order valence-corrected chi connectivity index (χ0v) is 18.0. The zero-order valence-electron chi connectivity index (χ0n) is 17.1. The van der Waals surface area contributed by atoms with Gasteiger partial charge in [0.2, 0.25) is 0 Å². The van der Waals surface area contributed by atoms with Crippen LogP contribution >= 0.6 is 7.05 Å². The van der Waals surface area contributed by atoms with Crippen LogP contribution in [-0.2, 0) is 6.42 Å². The maximum atomic E-state index is 5.60. The van der Waals surface area contributed by atoms with E-state index < -0.39 is 7.05 Å². The molecule has 0 radical (unpaired) electrons. The number of rotatable bonds is 5. The highest BCUT2D eigenvalue weighted by Gasteiger charge is 2.27. The number of hydrogen-bond acceptors (Lipinski definition) is 1. The van der Waals surface area contributed by atoms with Gasteiger partial charge in [-0.15, -0.1) is 5.92 Å². The van der Waals surface area contributed by atoms with Crippen LogP contribution in [0.25, 0.3) is 0 Å². The lowest BCUT2D eigenvalue weighted by Crippen LogP contribution is -2.25. The standard InChI is InChI=1S/C28H24NP/c1-2-3-15-24-16-13-14-23-28(24)29-30(25-17-7-4-8-18-25,26-19-9-5-10-20-26)27-21-11-6-12-22-27/h4-14,16-23H,15H2,1H3. The number of hydrogen-bond donors (Lipinski definition) is 0. The van der Waals surface area contributed by atoms with E-state index in [4.69, 9.17) is 4.74 Å². The lowest BCUT2D eigenvalue weighted by molar-refractivity contribution is 1.30. The summed E-state index contributed by atoms with van der Waals surface area (Å²) < 4.78 is 5.60. The van der Waals surface area contributed by atoms with Crippen molar-refractivity contribution in [1.29, 1.82) is 0 Å². The van der Waals surface area contributed by atoms with Crippen LogP contribution in [0.1, 0.15) is 12.5 Å². The Morgan fingerprint density at radius 2 is 1.03 bits per heavy atom. The van der Waals surface area contributed by atoms with Gasteiger partial charge in [-0.1, -0.05) is 115 Å². The van der Waals surface area contributed by atoms with Crippen LogP contribution < -0.4 is 15.9 Å². The van der Waals surface area contributed by atoms with E-state index in [1.54, 1.807) is 0 Å². The lowest BCUT2D eigenvalue weighted by Gasteiger charge is -2.27. The molecular formula is C28H24NP. The van der Waals surface area contributed by atoms with Gasteiger partial charge in [-0.05, 0) is 18.6 Å². The SMILES string of the molecule is CC#CCc1ccccc1N=P(c1ccccc1)(c1ccccc1)c1ccccc1. The lowest BCUT2D eigenvalue weighted by atomic mass is 10.1. The molecule has 4 aromatic rings. The van der Waals surface area contributed by atoms with Crippen molar-refractivity contribution in [3.8, 4) is 11.8 Å². The molecule has 30 heavy (non-hydrogen) atoms. The molecular weight excluding hydrogens is 381 g/mol. The van der Waals surface area contributed by atoms with E-state index in [1.807, 2.05) is 6.92 Å². The van der Waals surface area contributed by atoms with Crippen molar-refractivity contribution >= 4 is 28.7 Å². The number of nitrogens with zero attached hydrogens (tertiary/aromatic N) is 1. The summed E-state index contributed by atoms with van der Waals surface area (Å²) in [6.07, 6.45) is 0.703. The van der Waals surface area contributed by atoms with Gasteiger partial charge in [0.15, 0.2) is 0 Å². The van der Waals surface area contributed by atoms with Crippen LogP contribution in [0.3, 0.4) is 0 Å². The van der Waals surface area contributed by atoms with E-state index in [1.165, 1.54) is 21.5 Å². The molecule has 4 rings (SSSR count). The summed E-state index contributed by atoms with van der Waals surface area (Å²) in [5, 5.41) is 3.75. The highest BCUT2D eigenvalue weighted by Crippen LogP contribution is 2.49. The fourth-order valence-electron chi connectivity index (χ4n) is 3.65. The zero-order chi connectivity index (χ0) is 20.7. The van der Waals surface area contributed by atoms with Gasteiger partial charge in [-0.2, -0.15) is 0 Å². The third-order valence-electron chi connectivity index (χ3n) is 5.09. The van der Waals surface area contributed by atoms with Crippen LogP contribution in [0, 0.1) is 11.8 Å². The molecule has 0 N–H and O–H groups in total. The Hall–Kier alpha value is -3.33. The Morgan fingerprint density at radius 1 is 0.600 bits per heavy atom. The Balaban J connectivity index is 2.11. The third-order valence-corrected chi connectivity index (χ3v) is 8.75. The molecule has 0 spiro atoms. The van der Waals surface area contributed by atoms with Crippen LogP contribution in [0.4, 0.5) is 5.69 Å². The van der Waals surface area contributed by atoms with E-state index in [0.717, 1.165) is 5.69 Å². The fourth-order valence-corrected chi connectivity index (χ4v) is 7.22. The van der Waals surface area contributed by atoms with Crippen LogP contribution in [-0.4, -0.2) is 0 Å². The minimum absolute atomic E-state index is 0.703. The van der Waals surface area contributed by atoms with Crippen molar-refractivity contribution in [1.82, 2.24) is 0 Å². The van der Waals surface area contributed by atoms with Crippen LogP contribution in [0.5, 0.6) is 0 Å². The van der Waals surface area contributed by atoms with Crippen molar-refractivity contribution in [2.75, 3.05) is 0 Å². The van der Waals surface area contributed by atoms with E-state index in [0.29, 0.717) is 6.42 Å². The van der Waals surface area contributed by atoms with Crippen LogP contribution in [0.2, 0.25) is 0 Å². The van der Waals surface area contributed by atoms with E-state index in [9.17, 15) is 0 Å². The van der Waals surface area contributed by atoms with E-state index in [2.05, 4.69) is 127 Å². The molecule has 0 amide bonds. The predicted octanol–water partition coefficient (Wildman–Crippen LogP) is 6.06. The molecule has 0 saturated carbocycles. The minimum atomic E-state index is -2.26. The average Bonchev–Trinajstić information content (AvgIpc) is 2.83. The van der Waals surface area contributed by atoms with Crippen molar-refractivity contribution in [3.05, 3.63) is 121 Å². The van der Waals surface area contributed by atoms with Gasteiger partial charge < -0.3 is 0 Å². The van der Waals surface area contributed by atoms with Gasteiger partial charge >= 0.3 is 0 Å². The van der Waals surface area contributed by atoms with Crippen LogP contribution in [0.15, 0.2) is 120 Å². The second kappa shape index (κ2) is 9.45. The molecule has 1 nitrogen and oxygen atoms in total. The maximum Gasteiger partial charge on any atom is 0.0666 e. The molecule has 0 aliphatic rings. The van der Waals surface area contributed by atoms with E-state index >= 15 is 0 Å². The molecule has 0 bridgehead atoms. The first-order valence-electron chi connectivity index (χ1n) is 10.1. The molecule has 0 aliphatic carbocycles. The molecule has 0 saturated heterocycles. The Labute approximate surface area is 179 Å². The summed E-state index contributed by atoms with van der Waals surface area (Å²) in [5.41, 5.74) is 2.18. The maximum absolute atomic E-state index is 5.60. The summed E-state index contributed by atoms with van der Waals surface area (Å²) in [6, 6.07) is 40.6. The minimum Gasteiger partial charge on any atom is -0.254 e. The summed E-state index contributed by atoms with van der Waals surface area (Å²) >= 11 is 0. The third kappa shape index (κ3) is 4.02. The van der Waals surface area contributed by atoms with Crippen molar-refractivity contribution in [3.63, 3.8) is 0 Å². The van der Waals surface area contributed by atoms with Gasteiger partial charge in [0.1, 0.15) is 0 Å². The second-order valence-electron chi connectivity index (χ2n) is 6.97. The monoisotopic (exact) mass is 405 g/mol. The Morgan fingerprint density at radius 3 is 1.50 bits per heavy atom. The van der Waals surface area contributed by atoms with Crippen molar-refractivity contribution in [2.24, 2.45) is 4.74 Å². The molecule has 0 atom stereocenters. The molecule has 0 aromatic heterocycles. The average molecular weight is 405 g/mol. The molecule has 4 aromatic carbocycles. The molecule has 0 fully saturated rings. The summed E-state index contributed by atoms with van der Waals surface area (Å²) in [7, 11) is -2.26. The highest BCUT2D eigenvalue weighted by molar-refractivity contribution is 7.87.